The van der Waals surface area contributed by atoms with Crippen LogP contribution in [0.2, 0.25) is 0 Å². The molecule has 1 fully saturated rings. The van der Waals surface area contributed by atoms with E-state index in [1.807, 2.05) is 54.6 Å². The van der Waals surface area contributed by atoms with E-state index in [0.29, 0.717) is 36.4 Å². The van der Waals surface area contributed by atoms with Gasteiger partial charge in [-0.25, -0.2) is 14.4 Å². The molecular weight excluding hydrogens is 526 g/mol. The molecule has 0 saturated carbocycles. The fourth-order valence-corrected chi connectivity index (χ4v) is 4.17. The van der Waals surface area contributed by atoms with E-state index in [-0.39, 0.29) is 6.03 Å². The molecule has 1 aliphatic rings. The number of nitrogens with one attached hydrogen (secondary N) is 2. The van der Waals surface area contributed by atoms with E-state index in [1.165, 1.54) is 12.8 Å². The minimum Gasteiger partial charge on any atom is -0.493 e. The van der Waals surface area contributed by atoms with Gasteiger partial charge in [0.1, 0.15) is 5.75 Å². The number of amides is 2. The smallest absolute Gasteiger partial charge is 0.414 e. The Kier molecular flexibility index (Phi) is 12.1. The first kappa shape index (κ1) is 29.5. The quantitative estimate of drug-likeness (QED) is 0.201. The standard InChI is InChI=1S/C24H29N5O3S.C2H2O4/c30-24(25-12-15-29-13-4-5-14-29)26-20-10-8-19(9-11-20)23-28-27-22(32-23)18-33-17-16-31-21-6-2-1-3-7-21;3-1(4)2(5)6/h1-3,6-11H,4-5,12-18H2,(H2,25,26,30);(H,3,4)(H,5,6). The highest BCUT2D eigenvalue weighted by Gasteiger charge is 2.12. The highest BCUT2D eigenvalue weighted by atomic mass is 32.2. The molecule has 2 amide bonds. The van der Waals surface area contributed by atoms with Crippen LogP contribution < -0.4 is 15.4 Å². The molecule has 0 atom stereocenters. The molecule has 0 radical (unpaired) electrons. The van der Waals surface area contributed by atoms with Gasteiger partial charge in [0.25, 0.3) is 0 Å². The van der Waals surface area contributed by atoms with Crippen LogP contribution in [-0.2, 0) is 15.3 Å². The summed E-state index contributed by atoms with van der Waals surface area (Å²) in [5.74, 6) is -0.280. The largest absolute Gasteiger partial charge is 0.493 e. The molecule has 1 aliphatic heterocycles. The van der Waals surface area contributed by atoms with Gasteiger partial charge in [0.2, 0.25) is 11.8 Å². The Hall–Kier alpha value is -4.10. The van der Waals surface area contributed by atoms with Crippen LogP contribution in [0.3, 0.4) is 0 Å². The van der Waals surface area contributed by atoms with Crippen molar-refractivity contribution in [1.82, 2.24) is 20.4 Å². The van der Waals surface area contributed by atoms with Crippen molar-refractivity contribution >= 4 is 35.4 Å². The first-order chi connectivity index (χ1) is 18.9. The summed E-state index contributed by atoms with van der Waals surface area (Å²) in [6.45, 7) is 4.41. The van der Waals surface area contributed by atoms with Crippen LogP contribution in [0.25, 0.3) is 11.5 Å². The van der Waals surface area contributed by atoms with E-state index in [9.17, 15) is 4.79 Å². The second kappa shape index (κ2) is 16.0. The number of benzene rings is 2. The Bertz CT molecular complexity index is 1170. The zero-order chi connectivity index (χ0) is 27.9. The Balaban J connectivity index is 0.000000631. The second-order valence-corrected chi connectivity index (χ2v) is 9.44. The monoisotopic (exact) mass is 557 g/mol. The van der Waals surface area contributed by atoms with Crippen molar-refractivity contribution in [2.45, 2.75) is 18.6 Å². The Morgan fingerprint density at radius 3 is 2.33 bits per heavy atom. The lowest BCUT2D eigenvalue weighted by molar-refractivity contribution is -0.159. The fraction of sp³-hybridized carbons (Fsp3) is 0.346. The first-order valence-electron chi connectivity index (χ1n) is 12.3. The summed E-state index contributed by atoms with van der Waals surface area (Å²) >= 11 is 1.68. The summed E-state index contributed by atoms with van der Waals surface area (Å²) in [5, 5.41) is 28.8. The summed E-state index contributed by atoms with van der Waals surface area (Å²) in [5.41, 5.74) is 1.53. The lowest BCUT2D eigenvalue weighted by Gasteiger charge is -2.15. The maximum Gasteiger partial charge on any atom is 0.414 e. The number of carbonyl (C=O) groups is 3. The topological polar surface area (TPSA) is 167 Å². The normalized spacial score (nSPS) is 12.7. The molecule has 12 nitrogen and oxygen atoms in total. The van der Waals surface area contributed by atoms with E-state index in [1.54, 1.807) is 11.8 Å². The van der Waals surface area contributed by atoms with Crippen LogP contribution in [0.15, 0.2) is 59.0 Å². The molecule has 4 N–H and O–H groups in total. The third-order valence-corrected chi connectivity index (χ3v) is 6.32. The number of carbonyl (C=O) groups excluding carboxylic acids is 1. The number of aliphatic carboxylic acids is 2. The number of nitrogens with zero attached hydrogens (tertiary/aromatic N) is 3. The number of anilines is 1. The Morgan fingerprint density at radius 1 is 0.974 bits per heavy atom. The lowest BCUT2D eigenvalue weighted by atomic mass is 10.2. The maximum absolute atomic E-state index is 12.1. The number of hydrogen-bond acceptors (Lipinski definition) is 9. The minimum atomic E-state index is -1.82. The molecule has 0 bridgehead atoms. The first-order valence-corrected chi connectivity index (χ1v) is 13.5. The van der Waals surface area contributed by atoms with Crippen molar-refractivity contribution in [3.05, 3.63) is 60.5 Å². The van der Waals surface area contributed by atoms with Gasteiger partial charge in [-0.05, 0) is 62.3 Å². The van der Waals surface area contributed by atoms with Gasteiger partial charge in [0.15, 0.2) is 0 Å². The molecule has 3 aromatic rings. The van der Waals surface area contributed by atoms with Gasteiger partial charge >= 0.3 is 18.0 Å². The average molecular weight is 558 g/mol. The van der Waals surface area contributed by atoms with E-state index in [4.69, 9.17) is 29.0 Å². The van der Waals surface area contributed by atoms with Gasteiger partial charge < -0.3 is 34.9 Å². The van der Waals surface area contributed by atoms with Gasteiger partial charge in [-0.3, -0.25) is 0 Å². The fourth-order valence-electron chi connectivity index (χ4n) is 3.53. The van der Waals surface area contributed by atoms with Crippen LogP contribution in [0, 0.1) is 0 Å². The molecule has 13 heteroatoms. The summed E-state index contributed by atoms with van der Waals surface area (Å²) in [4.78, 5) is 32.6. The van der Waals surface area contributed by atoms with Crippen LogP contribution in [-0.4, -0.2) is 81.8 Å². The molecule has 2 aromatic carbocycles. The van der Waals surface area contributed by atoms with Crippen molar-refractivity contribution in [3.63, 3.8) is 0 Å². The summed E-state index contributed by atoms with van der Waals surface area (Å²) < 4.78 is 11.4. The van der Waals surface area contributed by atoms with E-state index in [0.717, 1.165) is 36.7 Å². The van der Waals surface area contributed by atoms with Crippen LogP contribution >= 0.6 is 11.8 Å². The molecule has 0 aliphatic carbocycles. The summed E-state index contributed by atoms with van der Waals surface area (Å²) in [7, 11) is 0. The van der Waals surface area contributed by atoms with Gasteiger partial charge in [-0.15, -0.1) is 22.0 Å². The molecule has 4 rings (SSSR count). The van der Waals surface area contributed by atoms with Gasteiger partial charge in [-0.1, -0.05) is 18.2 Å². The number of aromatic nitrogens is 2. The zero-order valence-electron chi connectivity index (χ0n) is 21.2. The highest BCUT2D eigenvalue weighted by Crippen LogP contribution is 2.22. The molecule has 39 heavy (non-hydrogen) atoms. The SMILES string of the molecule is O=C(NCCN1CCCC1)Nc1ccc(-c2nnc(CSCCOc3ccccc3)o2)cc1.O=C(O)C(=O)O. The van der Waals surface area contributed by atoms with Gasteiger partial charge in [0.05, 0.1) is 12.4 Å². The molecule has 208 valence electrons. The van der Waals surface area contributed by atoms with Crippen molar-refractivity contribution in [1.29, 1.82) is 0 Å². The van der Waals surface area contributed by atoms with Crippen molar-refractivity contribution in [3.8, 4) is 17.2 Å². The Labute approximate surface area is 229 Å². The van der Waals surface area contributed by atoms with Crippen LogP contribution in [0.4, 0.5) is 10.5 Å². The molecule has 1 aromatic heterocycles. The molecule has 0 spiro atoms. The molecular formula is C26H31N5O7S. The van der Waals surface area contributed by atoms with Crippen molar-refractivity contribution in [2.24, 2.45) is 0 Å². The maximum atomic E-state index is 12.1. The van der Waals surface area contributed by atoms with Crippen LogP contribution in [0.5, 0.6) is 5.75 Å². The molecule has 1 saturated heterocycles. The van der Waals surface area contributed by atoms with Crippen molar-refractivity contribution in [2.75, 3.05) is 43.9 Å². The van der Waals surface area contributed by atoms with Crippen LogP contribution in [0.1, 0.15) is 18.7 Å². The van der Waals surface area contributed by atoms with E-state index >= 15 is 0 Å². The molecule has 0 unspecified atom stereocenters. The third kappa shape index (κ3) is 11.0. The number of ether oxygens (including phenoxy) is 1. The summed E-state index contributed by atoms with van der Waals surface area (Å²) in [6.07, 6.45) is 2.51. The van der Waals surface area contributed by atoms with Crippen molar-refractivity contribution < 1.29 is 33.8 Å². The number of likely N-dealkylation sites (tertiary alicyclic amines) is 1. The Morgan fingerprint density at radius 2 is 1.67 bits per heavy atom. The highest BCUT2D eigenvalue weighted by molar-refractivity contribution is 7.98. The number of urea groups is 1. The second-order valence-electron chi connectivity index (χ2n) is 8.33. The average Bonchev–Trinajstić information content (AvgIpc) is 3.63. The third-order valence-electron chi connectivity index (χ3n) is 5.42. The minimum absolute atomic E-state index is 0.199. The van der Waals surface area contributed by atoms with Gasteiger partial charge in [-0.2, -0.15) is 0 Å². The number of thioether (sulfide) groups is 1. The van der Waals surface area contributed by atoms with E-state index < -0.39 is 11.9 Å². The summed E-state index contributed by atoms with van der Waals surface area (Å²) in [6, 6.07) is 16.9. The molecule has 2 heterocycles. The lowest BCUT2D eigenvalue weighted by Crippen LogP contribution is -2.35. The predicted molar refractivity (Wildman–Crippen MR) is 146 cm³/mol. The zero-order valence-corrected chi connectivity index (χ0v) is 22.1. The number of carboxylic acids is 2. The van der Waals surface area contributed by atoms with E-state index in [2.05, 4.69) is 25.7 Å². The number of carboxylic acid groups (broad SMARTS) is 2. The number of para-hydroxylation sites is 1. The predicted octanol–water partition coefficient (Wildman–Crippen LogP) is 3.42. The van der Waals surface area contributed by atoms with Gasteiger partial charge in [0, 0.05) is 30.1 Å². The number of rotatable bonds is 11. The number of hydrogen-bond donors (Lipinski definition) is 4.